The highest BCUT2D eigenvalue weighted by Crippen LogP contribution is 2.19. The lowest BCUT2D eigenvalue weighted by atomic mass is 9.93. The van der Waals surface area contributed by atoms with Crippen molar-refractivity contribution in [2.75, 3.05) is 13.2 Å². The van der Waals surface area contributed by atoms with E-state index in [0.717, 1.165) is 31.7 Å². The molecule has 1 aliphatic heterocycles. The van der Waals surface area contributed by atoms with Crippen LogP contribution in [0.4, 0.5) is 0 Å². The maximum atomic E-state index is 11.8. The van der Waals surface area contributed by atoms with Gasteiger partial charge >= 0.3 is 0 Å². The highest BCUT2D eigenvalue weighted by Gasteiger charge is 2.17. The molecule has 86 valence electrons. The topological polar surface area (TPSA) is 39.2 Å². The Morgan fingerprint density at radius 2 is 2.19 bits per heavy atom. The molecule has 0 saturated carbocycles. The highest BCUT2D eigenvalue weighted by molar-refractivity contribution is 5.80. The van der Waals surface area contributed by atoms with Gasteiger partial charge in [0, 0.05) is 37.9 Å². The van der Waals surface area contributed by atoms with Crippen LogP contribution in [0.3, 0.4) is 0 Å². The molecule has 1 saturated heterocycles. The monoisotopic (exact) mass is 219 g/mol. The zero-order valence-electron chi connectivity index (χ0n) is 9.39. The van der Waals surface area contributed by atoms with Gasteiger partial charge in [-0.3, -0.25) is 9.78 Å². The Hall–Kier alpha value is -1.22. The SMILES string of the molecule is O=C(Cc1ccccn1)CC1CCOCC1. The van der Waals surface area contributed by atoms with Crippen LogP contribution in [0.5, 0.6) is 0 Å². The van der Waals surface area contributed by atoms with Gasteiger partial charge in [0.15, 0.2) is 0 Å². The van der Waals surface area contributed by atoms with Crippen LogP contribution in [-0.4, -0.2) is 24.0 Å². The lowest BCUT2D eigenvalue weighted by Crippen LogP contribution is -2.19. The van der Waals surface area contributed by atoms with E-state index in [9.17, 15) is 4.79 Å². The van der Waals surface area contributed by atoms with Crippen molar-refractivity contribution in [1.29, 1.82) is 0 Å². The molecule has 2 heterocycles. The van der Waals surface area contributed by atoms with Crippen molar-refractivity contribution in [2.24, 2.45) is 5.92 Å². The van der Waals surface area contributed by atoms with Crippen molar-refractivity contribution >= 4 is 5.78 Å². The van der Waals surface area contributed by atoms with Crippen molar-refractivity contribution in [3.8, 4) is 0 Å². The molecule has 0 radical (unpaired) electrons. The van der Waals surface area contributed by atoms with E-state index in [1.165, 1.54) is 0 Å². The molecule has 0 bridgehead atoms. The van der Waals surface area contributed by atoms with Gasteiger partial charge in [-0.2, -0.15) is 0 Å². The summed E-state index contributed by atoms with van der Waals surface area (Å²) in [5, 5.41) is 0. The first kappa shape index (κ1) is 11.3. The number of ether oxygens (including phenoxy) is 1. The van der Waals surface area contributed by atoms with Gasteiger partial charge in [-0.05, 0) is 30.9 Å². The molecule has 0 aromatic carbocycles. The van der Waals surface area contributed by atoms with Crippen LogP contribution in [0, 0.1) is 5.92 Å². The van der Waals surface area contributed by atoms with Gasteiger partial charge in [-0.1, -0.05) is 6.07 Å². The van der Waals surface area contributed by atoms with Crippen molar-refractivity contribution in [2.45, 2.75) is 25.7 Å². The number of aromatic nitrogens is 1. The Morgan fingerprint density at radius 3 is 2.88 bits per heavy atom. The molecule has 0 aliphatic carbocycles. The zero-order valence-corrected chi connectivity index (χ0v) is 9.39. The third kappa shape index (κ3) is 3.42. The largest absolute Gasteiger partial charge is 0.381 e. The predicted octanol–water partition coefficient (Wildman–Crippen LogP) is 2.01. The van der Waals surface area contributed by atoms with Crippen molar-refractivity contribution in [3.05, 3.63) is 30.1 Å². The average Bonchev–Trinajstić information content (AvgIpc) is 2.31. The van der Waals surface area contributed by atoms with Gasteiger partial charge in [0.2, 0.25) is 0 Å². The van der Waals surface area contributed by atoms with Crippen LogP contribution in [-0.2, 0) is 16.0 Å². The van der Waals surface area contributed by atoms with E-state index in [0.29, 0.717) is 24.5 Å². The summed E-state index contributed by atoms with van der Waals surface area (Å²) in [5.41, 5.74) is 0.875. The first-order chi connectivity index (χ1) is 7.84. The van der Waals surface area contributed by atoms with E-state index in [1.807, 2.05) is 18.2 Å². The number of rotatable bonds is 4. The zero-order chi connectivity index (χ0) is 11.2. The standard InChI is InChI=1S/C13H17NO2/c15-13(9-11-4-7-16-8-5-11)10-12-3-1-2-6-14-12/h1-3,6,11H,4-5,7-10H2. The lowest BCUT2D eigenvalue weighted by molar-refractivity contribution is -0.120. The molecule has 0 N–H and O–H groups in total. The number of hydrogen-bond acceptors (Lipinski definition) is 3. The summed E-state index contributed by atoms with van der Waals surface area (Å²) >= 11 is 0. The molecule has 1 aliphatic rings. The normalized spacial score (nSPS) is 17.2. The van der Waals surface area contributed by atoms with E-state index < -0.39 is 0 Å². The van der Waals surface area contributed by atoms with Gasteiger partial charge in [-0.25, -0.2) is 0 Å². The van der Waals surface area contributed by atoms with E-state index in [2.05, 4.69) is 4.98 Å². The minimum Gasteiger partial charge on any atom is -0.381 e. The second-order valence-electron chi connectivity index (χ2n) is 4.30. The summed E-state index contributed by atoms with van der Waals surface area (Å²) in [5.74, 6) is 0.815. The molecule has 3 nitrogen and oxygen atoms in total. The number of hydrogen-bond donors (Lipinski definition) is 0. The number of carbonyl (C=O) groups excluding carboxylic acids is 1. The van der Waals surface area contributed by atoms with Crippen LogP contribution in [0.15, 0.2) is 24.4 Å². The minimum absolute atomic E-state index is 0.297. The molecule has 2 rings (SSSR count). The number of pyridine rings is 1. The van der Waals surface area contributed by atoms with Crippen molar-refractivity contribution in [1.82, 2.24) is 4.98 Å². The van der Waals surface area contributed by atoms with Gasteiger partial charge in [0.1, 0.15) is 5.78 Å². The Morgan fingerprint density at radius 1 is 1.38 bits per heavy atom. The summed E-state index contributed by atoms with van der Waals surface area (Å²) in [4.78, 5) is 16.0. The lowest BCUT2D eigenvalue weighted by Gasteiger charge is -2.21. The van der Waals surface area contributed by atoms with Crippen LogP contribution in [0.25, 0.3) is 0 Å². The predicted molar refractivity (Wildman–Crippen MR) is 61.1 cm³/mol. The molecule has 0 spiro atoms. The molecule has 0 amide bonds. The van der Waals surface area contributed by atoms with Crippen LogP contribution in [0.1, 0.15) is 25.0 Å². The second kappa shape index (κ2) is 5.75. The van der Waals surface area contributed by atoms with Crippen LogP contribution >= 0.6 is 0 Å². The average molecular weight is 219 g/mol. The quantitative estimate of drug-likeness (QED) is 0.777. The molecule has 1 fully saturated rings. The van der Waals surface area contributed by atoms with Gasteiger partial charge in [0.25, 0.3) is 0 Å². The molecule has 0 atom stereocenters. The smallest absolute Gasteiger partial charge is 0.139 e. The fraction of sp³-hybridized carbons (Fsp3) is 0.538. The Labute approximate surface area is 95.8 Å². The van der Waals surface area contributed by atoms with Crippen molar-refractivity contribution in [3.63, 3.8) is 0 Å². The fourth-order valence-corrected chi connectivity index (χ4v) is 2.05. The first-order valence-electron chi connectivity index (χ1n) is 5.84. The molecular weight excluding hydrogens is 202 g/mol. The Bertz CT molecular complexity index is 331. The summed E-state index contributed by atoms with van der Waals surface area (Å²) in [7, 11) is 0. The minimum atomic E-state index is 0.297. The Kier molecular flexibility index (Phi) is 4.05. The summed E-state index contributed by atoms with van der Waals surface area (Å²) in [6.45, 7) is 1.61. The molecule has 1 aromatic heterocycles. The molecular formula is C13H17NO2. The number of ketones is 1. The van der Waals surface area contributed by atoms with Gasteiger partial charge in [0.05, 0.1) is 0 Å². The van der Waals surface area contributed by atoms with Crippen LogP contribution in [0.2, 0.25) is 0 Å². The molecule has 0 unspecified atom stereocenters. The fourth-order valence-electron chi connectivity index (χ4n) is 2.05. The molecule has 16 heavy (non-hydrogen) atoms. The first-order valence-corrected chi connectivity index (χ1v) is 5.84. The Balaban J connectivity index is 1.80. The summed E-state index contributed by atoms with van der Waals surface area (Å²) < 4.78 is 5.28. The van der Waals surface area contributed by atoms with Gasteiger partial charge in [-0.15, -0.1) is 0 Å². The van der Waals surface area contributed by atoms with E-state index in [1.54, 1.807) is 6.20 Å². The summed E-state index contributed by atoms with van der Waals surface area (Å²) in [6.07, 6.45) is 4.93. The number of nitrogens with zero attached hydrogens (tertiary/aromatic N) is 1. The second-order valence-corrected chi connectivity index (χ2v) is 4.30. The highest BCUT2D eigenvalue weighted by atomic mass is 16.5. The van der Waals surface area contributed by atoms with Crippen LogP contribution < -0.4 is 0 Å². The van der Waals surface area contributed by atoms with Gasteiger partial charge < -0.3 is 4.74 Å². The third-order valence-corrected chi connectivity index (χ3v) is 2.96. The number of carbonyl (C=O) groups is 1. The molecule has 1 aromatic rings. The maximum absolute atomic E-state index is 11.8. The maximum Gasteiger partial charge on any atom is 0.139 e. The third-order valence-electron chi connectivity index (χ3n) is 2.96. The van der Waals surface area contributed by atoms with E-state index in [-0.39, 0.29) is 0 Å². The molecule has 3 heteroatoms. The number of Topliss-reactive ketones (excluding diaryl/α,β-unsaturated/α-hetero) is 1. The van der Waals surface area contributed by atoms with E-state index in [4.69, 9.17) is 4.74 Å². The summed E-state index contributed by atoms with van der Waals surface area (Å²) in [6, 6.07) is 5.69. The van der Waals surface area contributed by atoms with Crippen molar-refractivity contribution < 1.29 is 9.53 Å². The van der Waals surface area contributed by atoms with E-state index >= 15 is 0 Å².